The van der Waals surface area contributed by atoms with Crippen LogP contribution in [0, 0.1) is 0 Å². The number of nitrogens with zero attached hydrogens (tertiary/aromatic N) is 1. The lowest BCUT2D eigenvalue weighted by atomic mass is 9.95. The van der Waals surface area contributed by atoms with Gasteiger partial charge in [-0.15, -0.1) is 0 Å². The fourth-order valence-corrected chi connectivity index (χ4v) is 3.18. The molecular weight excluding hydrogens is 368 g/mol. The third kappa shape index (κ3) is 3.25. The number of carbonyl (C=O) groups is 2. The Morgan fingerprint density at radius 2 is 2.11 bits per heavy atom. The number of ether oxygens (including phenoxy) is 4. The predicted octanol–water partition coefficient (Wildman–Crippen LogP) is 0.177. The van der Waals surface area contributed by atoms with Crippen molar-refractivity contribution in [1.29, 1.82) is 0 Å². The standard InChI is InChI=1S/C19H18N2O7/c1-12(22)26-7-6-25-10-21-5-4-15-14(9-21)18(23)20-19(15,24)13-2-3-16-17(8-13)28-11-27-16/h2-5,8-9,24H,6-7,10-11H2,1H3/p+1. The van der Waals surface area contributed by atoms with Crippen LogP contribution >= 0.6 is 0 Å². The molecule has 0 fully saturated rings. The van der Waals surface area contributed by atoms with Crippen LogP contribution in [0.15, 0.2) is 36.7 Å². The van der Waals surface area contributed by atoms with Crippen LogP contribution in [0.4, 0.5) is 0 Å². The second-order valence-corrected chi connectivity index (χ2v) is 6.40. The maximum absolute atomic E-state index is 12.5. The number of nitrogens with one attached hydrogen (secondary N) is 1. The monoisotopic (exact) mass is 387 g/mol. The molecule has 9 nitrogen and oxygen atoms in total. The van der Waals surface area contributed by atoms with Gasteiger partial charge in [-0.1, -0.05) is 0 Å². The van der Waals surface area contributed by atoms with Crippen molar-refractivity contribution in [3.63, 3.8) is 0 Å². The number of aliphatic hydroxyl groups is 1. The SMILES string of the molecule is CC(=O)OCCOC[n+]1ccc2c(c1)C(=O)NC2(O)c1ccc2c(c1)OCO2. The zero-order valence-electron chi connectivity index (χ0n) is 15.1. The fourth-order valence-electron chi connectivity index (χ4n) is 3.18. The highest BCUT2D eigenvalue weighted by Gasteiger charge is 2.45. The Kier molecular flexibility index (Phi) is 4.62. The normalized spacial score (nSPS) is 19.3. The molecule has 0 radical (unpaired) electrons. The predicted molar refractivity (Wildman–Crippen MR) is 92.3 cm³/mol. The van der Waals surface area contributed by atoms with Crippen molar-refractivity contribution in [1.82, 2.24) is 5.32 Å². The minimum Gasteiger partial charge on any atom is -0.463 e. The smallest absolute Gasteiger partial charge is 0.302 e. The van der Waals surface area contributed by atoms with E-state index in [0.717, 1.165) is 0 Å². The molecule has 0 saturated heterocycles. The summed E-state index contributed by atoms with van der Waals surface area (Å²) >= 11 is 0. The Balaban J connectivity index is 1.52. The molecule has 1 unspecified atom stereocenters. The van der Waals surface area contributed by atoms with E-state index in [-0.39, 0.29) is 32.7 Å². The lowest BCUT2D eigenvalue weighted by molar-refractivity contribution is -0.732. The Morgan fingerprint density at radius 1 is 1.29 bits per heavy atom. The molecule has 2 aliphatic rings. The summed E-state index contributed by atoms with van der Waals surface area (Å²) in [6, 6.07) is 6.69. The Labute approximate surface area is 160 Å². The van der Waals surface area contributed by atoms with E-state index in [1.165, 1.54) is 6.92 Å². The summed E-state index contributed by atoms with van der Waals surface area (Å²) in [4.78, 5) is 23.2. The first-order chi connectivity index (χ1) is 13.5. The van der Waals surface area contributed by atoms with Gasteiger partial charge in [-0.3, -0.25) is 9.59 Å². The lowest BCUT2D eigenvalue weighted by Gasteiger charge is -2.24. The largest absolute Gasteiger partial charge is 0.463 e. The van der Waals surface area contributed by atoms with Crippen LogP contribution in [0.3, 0.4) is 0 Å². The first-order valence-electron chi connectivity index (χ1n) is 8.67. The van der Waals surface area contributed by atoms with Crippen LogP contribution < -0.4 is 19.4 Å². The summed E-state index contributed by atoms with van der Waals surface area (Å²) in [5, 5.41) is 13.8. The molecule has 4 rings (SSSR count). The third-order valence-corrected chi connectivity index (χ3v) is 4.51. The minimum absolute atomic E-state index is 0.123. The quantitative estimate of drug-likeness (QED) is 0.414. The van der Waals surface area contributed by atoms with Crippen LogP contribution in [-0.2, 0) is 26.7 Å². The summed E-state index contributed by atoms with van der Waals surface area (Å²) in [6.45, 7) is 2.01. The number of hydrogen-bond donors (Lipinski definition) is 2. The van der Waals surface area contributed by atoms with E-state index in [2.05, 4.69) is 5.32 Å². The number of esters is 1. The highest BCUT2D eigenvalue weighted by molar-refractivity contribution is 5.99. The summed E-state index contributed by atoms with van der Waals surface area (Å²) in [7, 11) is 0. The molecule has 1 aromatic heterocycles. The second-order valence-electron chi connectivity index (χ2n) is 6.40. The number of benzene rings is 1. The molecule has 0 bridgehead atoms. The van der Waals surface area contributed by atoms with Gasteiger partial charge in [0.2, 0.25) is 6.79 Å². The van der Waals surface area contributed by atoms with Crippen LogP contribution in [0.1, 0.15) is 28.4 Å². The van der Waals surface area contributed by atoms with E-state index in [1.54, 1.807) is 41.2 Å². The molecule has 1 amide bonds. The maximum atomic E-state index is 12.5. The van der Waals surface area contributed by atoms with Gasteiger partial charge in [-0.25, -0.2) is 0 Å². The topological polar surface area (TPSA) is 107 Å². The molecular formula is C19H19N2O7+. The first-order valence-corrected chi connectivity index (χ1v) is 8.67. The highest BCUT2D eigenvalue weighted by Crippen LogP contribution is 2.39. The molecule has 2 aliphatic heterocycles. The van der Waals surface area contributed by atoms with Crippen molar-refractivity contribution in [2.75, 3.05) is 20.0 Å². The second kappa shape index (κ2) is 7.10. The molecule has 1 aromatic carbocycles. The number of fused-ring (bicyclic) bond motifs is 2. The number of pyridine rings is 1. The number of aromatic nitrogens is 1. The maximum Gasteiger partial charge on any atom is 0.302 e. The van der Waals surface area contributed by atoms with Crippen LogP contribution in [0.2, 0.25) is 0 Å². The van der Waals surface area contributed by atoms with E-state index >= 15 is 0 Å². The van der Waals surface area contributed by atoms with Crippen molar-refractivity contribution >= 4 is 11.9 Å². The van der Waals surface area contributed by atoms with Gasteiger partial charge in [-0.2, -0.15) is 4.57 Å². The van der Waals surface area contributed by atoms with E-state index in [4.69, 9.17) is 18.9 Å². The minimum atomic E-state index is -1.66. The molecule has 146 valence electrons. The van der Waals surface area contributed by atoms with Crippen LogP contribution in [-0.4, -0.2) is 37.0 Å². The Bertz CT molecular complexity index is 946. The van der Waals surface area contributed by atoms with Gasteiger partial charge in [0.15, 0.2) is 29.6 Å². The fraction of sp³-hybridized carbons (Fsp3) is 0.316. The Morgan fingerprint density at radius 3 is 2.93 bits per heavy atom. The molecule has 2 aromatic rings. The molecule has 2 N–H and O–H groups in total. The average molecular weight is 387 g/mol. The number of hydrogen-bond acceptors (Lipinski definition) is 7. The zero-order valence-corrected chi connectivity index (χ0v) is 15.1. The van der Waals surface area contributed by atoms with Crippen molar-refractivity contribution in [2.45, 2.75) is 19.4 Å². The summed E-state index contributed by atoms with van der Waals surface area (Å²) in [5.74, 6) is 0.340. The van der Waals surface area contributed by atoms with Crippen molar-refractivity contribution in [2.24, 2.45) is 0 Å². The van der Waals surface area contributed by atoms with Crippen molar-refractivity contribution < 1.29 is 38.2 Å². The van der Waals surface area contributed by atoms with E-state index < -0.39 is 11.6 Å². The lowest BCUT2D eigenvalue weighted by Crippen LogP contribution is -2.40. The van der Waals surface area contributed by atoms with Crippen molar-refractivity contribution in [3.05, 3.63) is 53.3 Å². The number of rotatable bonds is 6. The highest BCUT2D eigenvalue weighted by atomic mass is 16.7. The molecule has 9 heteroatoms. The third-order valence-electron chi connectivity index (χ3n) is 4.51. The zero-order chi connectivity index (χ0) is 19.7. The molecule has 0 aliphatic carbocycles. The average Bonchev–Trinajstić information content (AvgIpc) is 3.24. The number of amides is 1. The molecule has 1 atom stereocenters. The van der Waals surface area contributed by atoms with Crippen LogP contribution in [0.5, 0.6) is 11.5 Å². The summed E-state index contributed by atoms with van der Waals surface area (Å²) < 4.78 is 22.5. The first kappa shape index (κ1) is 18.2. The molecule has 28 heavy (non-hydrogen) atoms. The summed E-state index contributed by atoms with van der Waals surface area (Å²) in [5.41, 5.74) is -0.416. The van der Waals surface area contributed by atoms with E-state index in [0.29, 0.717) is 28.2 Å². The van der Waals surface area contributed by atoms with Crippen LogP contribution in [0.25, 0.3) is 0 Å². The van der Waals surface area contributed by atoms with Gasteiger partial charge in [-0.05, 0) is 18.2 Å². The van der Waals surface area contributed by atoms with E-state index in [9.17, 15) is 14.7 Å². The van der Waals surface area contributed by atoms with Gasteiger partial charge in [0, 0.05) is 24.1 Å². The van der Waals surface area contributed by atoms with Crippen molar-refractivity contribution in [3.8, 4) is 11.5 Å². The molecule has 0 spiro atoms. The number of carbonyl (C=O) groups excluding carboxylic acids is 2. The summed E-state index contributed by atoms with van der Waals surface area (Å²) in [6.07, 6.45) is 3.30. The van der Waals surface area contributed by atoms with Gasteiger partial charge in [0.05, 0.1) is 6.61 Å². The van der Waals surface area contributed by atoms with Gasteiger partial charge < -0.3 is 29.4 Å². The molecule has 0 saturated carbocycles. The molecule has 3 heterocycles. The van der Waals surface area contributed by atoms with Gasteiger partial charge >= 0.3 is 5.97 Å². The van der Waals surface area contributed by atoms with E-state index in [1.807, 2.05) is 0 Å². The van der Waals surface area contributed by atoms with Gasteiger partial charge in [0.1, 0.15) is 12.2 Å². The Hall–Kier alpha value is -3.17. The van der Waals surface area contributed by atoms with Gasteiger partial charge in [0.25, 0.3) is 12.6 Å².